The van der Waals surface area contributed by atoms with Crippen molar-refractivity contribution in [2.45, 2.75) is 56.4 Å². The zero-order valence-electron chi connectivity index (χ0n) is 15.0. The van der Waals surface area contributed by atoms with E-state index in [0.717, 1.165) is 43.9 Å². The third-order valence-electron chi connectivity index (χ3n) is 5.65. The van der Waals surface area contributed by atoms with Crippen LogP contribution in [0.5, 0.6) is 0 Å². The number of carbonyl (C=O) groups excluding carboxylic acids is 1. The number of aromatic amines is 1. The van der Waals surface area contributed by atoms with E-state index in [2.05, 4.69) is 10.3 Å². The van der Waals surface area contributed by atoms with Gasteiger partial charge in [0, 0.05) is 29.0 Å². The fourth-order valence-corrected chi connectivity index (χ4v) is 4.09. The summed E-state index contributed by atoms with van der Waals surface area (Å²) in [6, 6.07) is 6.49. The van der Waals surface area contributed by atoms with Crippen LogP contribution in [0.4, 0.5) is 8.78 Å². The molecule has 1 aromatic carbocycles. The quantitative estimate of drug-likeness (QED) is 0.848. The van der Waals surface area contributed by atoms with E-state index < -0.39 is 23.1 Å². The predicted molar refractivity (Wildman–Crippen MR) is 97.6 cm³/mol. The number of halogens is 2. The van der Waals surface area contributed by atoms with Gasteiger partial charge in [-0.1, -0.05) is 25.3 Å². The molecule has 142 valence electrons. The Morgan fingerprint density at radius 1 is 1.07 bits per heavy atom. The van der Waals surface area contributed by atoms with Crippen molar-refractivity contribution in [2.24, 2.45) is 0 Å². The Bertz CT molecular complexity index is 928. The van der Waals surface area contributed by atoms with Crippen molar-refractivity contribution in [2.75, 3.05) is 0 Å². The second-order valence-corrected chi connectivity index (χ2v) is 7.68. The first kappa shape index (κ1) is 17.9. The van der Waals surface area contributed by atoms with Crippen molar-refractivity contribution < 1.29 is 13.6 Å². The first-order valence-electron chi connectivity index (χ1n) is 9.49. The van der Waals surface area contributed by atoms with Crippen molar-refractivity contribution in [3.8, 4) is 0 Å². The molecule has 0 unspecified atom stereocenters. The van der Waals surface area contributed by atoms with E-state index in [-0.39, 0.29) is 11.1 Å². The van der Waals surface area contributed by atoms with E-state index in [1.165, 1.54) is 18.2 Å². The molecule has 2 aliphatic rings. The van der Waals surface area contributed by atoms with Crippen molar-refractivity contribution in [1.82, 2.24) is 10.3 Å². The number of amides is 1. The summed E-state index contributed by atoms with van der Waals surface area (Å²) in [5.41, 5.74) is 0.181. The zero-order chi connectivity index (χ0) is 19.0. The highest BCUT2D eigenvalue weighted by atomic mass is 19.1. The van der Waals surface area contributed by atoms with Crippen LogP contribution in [0, 0.1) is 11.6 Å². The van der Waals surface area contributed by atoms with Gasteiger partial charge in [-0.15, -0.1) is 0 Å². The number of carbonyl (C=O) groups is 1. The Morgan fingerprint density at radius 3 is 2.48 bits per heavy atom. The Hall–Kier alpha value is -2.50. The van der Waals surface area contributed by atoms with Crippen molar-refractivity contribution in [3.63, 3.8) is 0 Å². The van der Waals surface area contributed by atoms with E-state index in [0.29, 0.717) is 24.3 Å². The van der Waals surface area contributed by atoms with Crippen LogP contribution in [-0.2, 0) is 5.54 Å². The number of nitrogens with one attached hydrogen (secondary N) is 2. The Morgan fingerprint density at radius 2 is 1.81 bits per heavy atom. The normalized spacial score (nSPS) is 18.9. The molecule has 0 atom stereocenters. The van der Waals surface area contributed by atoms with Gasteiger partial charge in [0.2, 0.25) is 5.56 Å². The predicted octanol–water partition coefficient (Wildman–Crippen LogP) is 4.12. The lowest BCUT2D eigenvalue weighted by molar-refractivity contribution is 0.0862. The Labute approximate surface area is 156 Å². The molecule has 2 aliphatic carbocycles. The molecule has 0 radical (unpaired) electrons. The molecule has 4 nitrogen and oxygen atoms in total. The molecule has 1 amide bonds. The molecule has 0 bridgehead atoms. The molecule has 2 aromatic rings. The minimum Gasteiger partial charge on any atom is -0.342 e. The smallest absolute Gasteiger partial charge is 0.252 e. The second-order valence-electron chi connectivity index (χ2n) is 7.68. The van der Waals surface area contributed by atoms with Gasteiger partial charge in [-0.05, 0) is 43.7 Å². The third kappa shape index (κ3) is 3.66. The highest BCUT2D eigenvalue weighted by molar-refractivity contribution is 5.94. The van der Waals surface area contributed by atoms with Crippen molar-refractivity contribution in [3.05, 3.63) is 69.1 Å². The van der Waals surface area contributed by atoms with Crippen LogP contribution in [0.25, 0.3) is 0 Å². The maximum Gasteiger partial charge on any atom is 0.252 e. The van der Waals surface area contributed by atoms with Crippen molar-refractivity contribution in [1.29, 1.82) is 0 Å². The Kier molecular flexibility index (Phi) is 4.58. The number of H-pyrrole nitrogens is 1. The van der Waals surface area contributed by atoms with Crippen LogP contribution in [0.3, 0.4) is 0 Å². The molecule has 1 aromatic heterocycles. The lowest BCUT2D eigenvalue weighted by Gasteiger charge is -2.39. The highest BCUT2D eigenvalue weighted by Crippen LogP contribution is 2.40. The molecule has 2 saturated carbocycles. The fourth-order valence-electron chi connectivity index (χ4n) is 4.09. The first-order valence-corrected chi connectivity index (χ1v) is 9.49. The summed E-state index contributed by atoms with van der Waals surface area (Å²) in [7, 11) is 0. The van der Waals surface area contributed by atoms with E-state index in [9.17, 15) is 18.4 Å². The SMILES string of the molecule is O=C(NC1(c2ccc(F)cc2F)CCCCC1)c1cc(C2CC2)[nH]c(=O)c1. The van der Waals surface area contributed by atoms with Crippen LogP contribution in [0.1, 0.15) is 72.5 Å². The summed E-state index contributed by atoms with van der Waals surface area (Å²) in [5, 5.41) is 2.98. The fraction of sp³-hybridized carbons (Fsp3) is 0.429. The summed E-state index contributed by atoms with van der Waals surface area (Å²) in [6.45, 7) is 0. The van der Waals surface area contributed by atoms with E-state index in [1.807, 2.05) is 0 Å². The van der Waals surface area contributed by atoms with Gasteiger partial charge < -0.3 is 10.3 Å². The first-order chi connectivity index (χ1) is 13.0. The summed E-state index contributed by atoms with van der Waals surface area (Å²) < 4.78 is 27.9. The molecule has 0 spiro atoms. The average Bonchev–Trinajstić information content (AvgIpc) is 3.47. The van der Waals surface area contributed by atoms with Crippen LogP contribution in [-0.4, -0.2) is 10.9 Å². The molecule has 0 aliphatic heterocycles. The standard InChI is InChI=1S/C21H22F2N2O2/c22-15-6-7-16(17(23)12-15)21(8-2-1-3-9-21)25-20(27)14-10-18(13-4-5-13)24-19(26)11-14/h6-7,10-13H,1-5,8-9H2,(H,24,26)(H,25,27). The summed E-state index contributed by atoms with van der Waals surface area (Å²) >= 11 is 0. The molecule has 2 N–H and O–H groups in total. The molecule has 2 fully saturated rings. The molecular weight excluding hydrogens is 350 g/mol. The summed E-state index contributed by atoms with van der Waals surface area (Å²) in [5.74, 6) is -1.38. The van der Waals surface area contributed by atoms with Gasteiger partial charge in [0.15, 0.2) is 0 Å². The van der Waals surface area contributed by atoms with Gasteiger partial charge in [-0.25, -0.2) is 8.78 Å². The topological polar surface area (TPSA) is 62.0 Å². The van der Waals surface area contributed by atoms with Gasteiger partial charge in [-0.3, -0.25) is 9.59 Å². The Balaban J connectivity index is 1.68. The van der Waals surface area contributed by atoms with Gasteiger partial charge in [0.25, 0.3) is 5.91 Å². The third-order valence-corrected chi connectivity index (χ3v) is 5.65. The zero-order valence-corrected chi connectivity index (χ0v) is 15.0. The summed E-state index contributed by atoms with van der Waals surface area (Å²) in [4.78, 5) is 27.7. The summed E-state index contributed by atoms with van der Waals surface area (Å²) in [6.07, 6.45) is 5.88. The maximum atomic E-state index is 14.5. The molecular formula is C21H22F2N2O2. The highest BCUT2D eigenvalue weighted by Gasteiger charge is 2.38. The van der Waals surface area contributed by atoms with Crippen LogP contribution in [0.2, 0.25) is 0 Å². The number of benzene rings is 1. The van der Waals surface area contributed by atoms with Crippen molar-refractivity contribution >= 4 is 5.91 Å². The molecule has 27 heavy (non-hydrogen) atoms. The van der Waals surface area contributed by atoms with E-state index in [4.69, 9.17) is 0 Å². The minimum absolute atomic E-state index is 0.285. The van der Waals surface area contributed by atoms with E-state index in [1.54, 1.807) is 6.07 Å². The van der Waals surface area contributed by atoms with Crippen LogP contribution >= 0.6 is 0 Å². The lowest BCUT2D eigenvalue weighted by Crippen LogP contribution is -2.48. The maximum absolute atomic E-state index is 14.5. The van der Waals surface area contributed by atoms with Crippen LogP contribution < -0.4 is 10.9 Å². The minimum atomic E-state index is -0.879. The van der Waals surface area contributed by atoms with Gasteiger partial charge in [0.05, 0.1) is 5.54 Å². The average molecular weight is 372 g/mol. The lowest BCUT2D eigenvalue weighted by atomic mass is 9.76. The molecule has 1 heterocycles. The van der Waals surface area contributed by atoms with E-state index >= 15 is 0 Å². The number of aromatic nitrogens is 1. The van der Waals surface area contributed by atoms with Gasteiger partial charge >= 0.3 is 0 Å². The van der Waals surface area contributed by atoms with Gasteiger partial charge in [0.1, 0.15) is 11.6 Å². The molecule has 0 saturated heterocycles. The van der Waals surface area contributed by atoms with Gasteiger partial charge in [-0.2, -0.15) is 0 Å². The number of hydrogen-bond donors (Lipinski definition) is 2. The molecule has 6 heteroatoms. The van der Waals surface area contributed by atoms with Crippen LogP contribution in [0.15, 0.2) is 35.1 Å². The monoisotopic (exact) mass is 372 g/mol. The molecule has 4 rings (SSSR count). The largest absolute Gasteiger partial charge is 0.342 e. The number of hydrogen-bond acceptors (Lipinski definition) is 2. The number of pyridine rings is 1. The number of rotatable bonds is 4. The second kappa shape index (κ2) is 6.91.